The summed E-state index contributed by atoms with van der Waals surface area (Å²) in [6, 6.07) is 5.46. The van der Waals surface area contributed by atoms with Crippen molar-refractivity contribution in [2.75, 3.05) is 26.7 Å². The maximum absolute atomic E-state index is 12.9. The Morgan fingerprint density at radius 1 is 1.24 bits per heavy atom. The zero-order valence-electron chi connectivity index (χ0n) is 17.0. The van der Waals surface area contributed by atoms with Gasteiger partial charge in [-0.15, -0.1) is 0 Å². The summed E-state index contributed by atoms with van der Waals surface area (Å²) in [5.41, 5.74) is -0.0133. The molecule has 0 radical (unpaired) electrons. The first-order chi connectivity index (χ1) is 14.0. The van der Waals surface area contributed by atoms with Gasteiger partial charge in [-0.2, -0.15) is 0 Å². The van der Waals surface area contributed by atoms with Gasteiger partial charge in [0, 0.05) is 31.7 Å². The van der Waals surface area contributed by atoms with Gasteiger partial charge >= 0.3 is 0 Å². The molecule has 1 spiro atoms. The number of likely N-dealkylation sites (tertiary alicyclic amines) is 1. The van der Waals surface area contributed by atoms with Crippen LogP contribution in [0.4, 0.5) is 0 Å². The third-order valence-electron chi connectivity index (χ3n) is 6.85. The van der Waals surface area contributed by atoms with Crippen LogP contribution < -0.4 is 10.1 Å². The van der Waals surface area contributed by atoms with Crippen molar-refractivity contribution in [2.24, 2.45) is 5.92 Å². The van der Waals surface area contributed by atoms with Crippen molar-refractivity contribution in [3.8, 4) is 5.75 Å². The molecule has 4 rings (SSSR count). The first-order valence-corrected chi connectivity index (χ1v) is 11.5. The Kier molecular flexibility index (Phi) is 6.59. The number of nitrogens with zero attached hydrogens (tertiary/aromatic N) is 1. The van der Waals surface area contributed by atoms with Crippen molar-refractivity contribution in [1.82, 2.24) is 10.2 Å². The van der Waals surface area contributed by atoms with Gasteiger partial charge in [0.05, 0.1) is 15.6 Å². The molecule has 1 aliphatic carbocycles. The van der Waals surface area contributed by atoms with Crippen molar-refractivity contribution in [3.63, 3.8) is 0 Å². The molecule has 1 aromatic rings. The Labute approximate surface area is 183 Å². The number of hydrogen-bond donors (Lipinski definition) is 1. The Morgan fingerprint density at radius 2 is 2.03 bits per heavy atom. The summed E-state index contributed by atoms with van der Waals surface area (Å²) in [4.78, 5) is 15.5. The number of carbonyl (C=O) groups excluding carboxylic acids is 1. The van der Waals surface area contributed by atoms with E-state index < -0.39 is 6.10 Å². The molecule has 1 unspecified atom stereocenters. The molecule has 2 heterocycles. The van der Waals surface area contributed by atoms with Crippen LogP contribution in [0.15, 0.2) is 18.2 Å². The minimum Gasteiger partial charge on any atom is -0.480 e. The monoisotopic (exact) mass is 440 g/mol. The average Bonchev–Trinajstić information content (AvgIpc) is 3.41. The average molecular weight is 441 g/mol. The van der Waals surface area contributed by atoms with E-state index in [2.05, 4.69) is 10.2 Å². The van der Waals surface area contributed by atoms with Crippen molar-refractivity contribution < 1.29 is 14.3 Å². The summed E-state index contributed by atoms with van der Waals surface area (Å²) >= 11 is 12.2. The molecule has 7 heteroatoms. The molecule has 1 aromatic carbocycles. The Balaban J connectivity index is 1.60. The highest BCUT2D eigenvalue weighted by Crippen LogP contribution is 2.45. The highest BCUT2D eigenvalue weighted by molar-refractivity contribution is 6.42. The molecule has 1 N–H and O–H groups in total. The molecule has 1 amide bonds. The fourth-order valence-electron chi connectivity index (χ4n) is 5.37. The highest BCUT2D eigenvalue weighted by Gasteiger charge is 2.49. The number of benzene rings is 1. The minimum absolute atomic E-state index is 0.0133. The molecule has 0 bridgehead atoms. The lowest BCUT2D eigenvalue weighted by Gasteiger charge is -2.47. The largest absolute Gasteiger partial charge is 0.480 e. The summed E-state index contributed by atoms with van der Waals surface area (Å²) in [7, 11) is 1.67. The second-order valence-corrected chi connectivity index (χ2v) is 9.40. The van der Waals surface area contributed by atoms with Crippen LogP contribution in [-0.4, -0.2) is 55.3 Å². The third kappa shape index (κ3) is 4.53. The molecule has 0 aromatic heterocycles. The SMILES string of the molecule is CNC(=O)C(Oc1ccc(Cl)c(Cl)c1)[C@@H]1CC[C@]2(CCCO2)C[C@H]1N1CCCC1. The van der Waals surface area contributed by atoms with Crippen molar-refractivity contribution in [3.05, 3.63) is 28.2 Å². The zero-order valence-corrected chi connectivity index (χ0v) is 18.5. The number of likely N-dealkylation sites (N-methyl/N-ethyl adjacent to an activating group) is 1. The Morgan fingerprint density at radius 3 is 2.69 bits per heavy atom. The molecule has 5 nitrogen and oxygen atoms in total. The van der Waals surface area contributed by atoms with Crippen LogP contribution in [0.1, 0.15) is 44.9 Å². The van der Waals surface area contributed by atoms with Crippen LogP contribution in [0.2, 0.25) is 10.0 Å². The van der Waals surface area contributed by atoms with Gasteiger partial charge in [0.15, 0.2) is 6.10 Å². The Bertz CT molecular complexity index is 733. The Hall–Kier alpha value is -1.01. The van der Waals surface area contributed by atoms with E-state index in [0.29, 0.717) is 15.8 Å². The van der Waals surface area contributed by atoms with Crippen molar-refractivity contribution >= 4 is 29.1 Å². The van der Waals surface area contributed by atoms with E-state index in [9.17, 15) is 4.79 Å². The predicted octanol–water partition coefficient (Wildman–Crippen LogP) is 4.30. The highest BCUT2D eigenvalue weighted by atomic mass is 35.5. The van der Waals surface area contributed by atoms with Gasteiger partial charge in [-0.1, -0.05) is 23.2 Å². The summed E-state index contributed by atoms with van der Waals surface area (Å²) in [6.07, 6.45) is 7.02. The molecular formula is C22H30Cl2N2O3. The lowest BCUT2D eigenvalue weighted by molar-refractivity contribution is -0.136. The van der Waals surface area contributed by atoms with Gasteiger partial charge in [0.1, 0.15) is 5.75 Å². The fraction of sp³-hybridized carbons (Fsp3) is 0.682. The summed E-state index contributed by atoms with van der Waals surface area (Å²) in [5, 5.41) is 3.71. The molecule has 1 saturated carbocycles. The van der Waals surface area contributed by atoms with E-state index in [1.54, 1.807) is 25.2 Å². The van der Waals surface area contributed by atoms with E-state index in [0.717, 1.165) is 51.8 Å². The second kappa shape index (κ2) is 9.01. The van der Waals surface area contributed by atoms with Gasteiger partial charge in [0.25, 0.3) is 5.91 Å². The normalized spacial score (nSPS) is 31.1. The van der Waals surface area contributed by atoms with Crippen LogP contribution in [-0.2, 0) is 9.53 Å². The van der Waals surface area contributed by atoms with E-state index in [4.69, 9.17) is 32.7 Å². The van der Waals surface area contributed by atoms with Gasteiger partial charge in [-0.05, 0) is 70.2 Å². The standard InChI is InChI=1S/C22H30Cl2N2O3/c1-25-21(27)20(29-15-5-6-17(23)18(24)13-15)16-7-9-22(8-4-12-28-22)14-19(16)26-10-2-3-11-26/h5-6,13,16,19-20H,2-4,7-12,14H2,1H3,(H,25,27)/t16-,19-,20?,22-/m1/s1. The molecule has 3 fully saturated rings. The molecular weight excluding hydrogens is 411 g/mol. The molecule has 4 atom stereocenters. The second-order valence-electron chi connectivity index (χ2n) is 8.58. The van der Waals surface area contributed by atoms with Crippen LogP contribution in [0.5, 0.6) is 5.75 Å². The van der Waals surface area contributed by atoms with Gasteiger partial charge in [-0.3, -0.25) is 9.69 Å². The predicted molar refractivity (Wildman–Crippen MR) is 115 cm³/mol. The van der Waals surface area contributed by atoms with E-state index in [1.807, 2.05) is 0 Å². The molecule has 2 aliphatic heterocycles. The number of hydrogen-bond acceptors (Lipinski definition) is 4. The first kappa shape index (κ1) is 21.2. The summed E-state index contributed by atoms with van der Waals surface area (Å²) in [6.45, 7) is 3.03. The van der Waals surface area contributed by atoms with E-state index in [-0.39, 0.29) is 23.5 Å². The molecule has 160 valence electrons. The third-order valence-corrected chi connectivity index (χ3v) is 7.59. The number of ether oxygens (including phenoxy) is 2. The van der Waals surface area contributed by atoms with Gasteiger partial charge < -0.3 is 14.8 Å². The molecule has 2 saturated heterocycles. The van der Waals surface area contributed by atoms with E-state index in [1.165, 1.54) is 12.8 Å². The topological polar surface area (TPSA) is 50.8 Å². The van der Waals surface area contributed by atoms with Crippen molar-refractivity contribution in [2.45, 2.75) is 62.7 Å². The number of nitrogens with one attached hydrogen (secondary N) is 1. The van der Waals surface area contributed by atoms with Crippen LogP contribution in [0.25, 0.3) is 0 Å². The fourth-order valence-corrected chi connectivity index (χ4v) is 5.66. The smallest absolute Gasteiger partial charge is 0.261 e. The number of amides is 1. The lowest BCUT2D eigenvalue weighted by Crippen LogP contribution is -2.56. The number of halogens is 2. The number of carbonyl (C=O) groups is 1. The zero-order chi connectivity index (χ0) is 20.4. The summed E-state index contributed by atoms with van der Waals surface area (Å²) in [5.74, 6) is 0.594. The van der Waals surface area contributed by atoms with Gasteiger partial charge in [-0.25, -0.2) is 0 Å². The van der Waals surface area contributed by atoms with Gasteiger partial charge in [0.2, 0.25) is 0 Å². The van der Waals surface area contributed by atoms with E-state index >= 15 is 0 Å². The molecule has 3 aliphatic rings. The molecule has 29 heavy (non-hydrogen) atoms. The maximum atomic E-state index is 12.9. The minimum atomic E-state index is -0.568. The van der Waals surface area contributed by atoms with Crippen LogP contribution in [0.3, 0.4) is 0 Å². The quantitative estimate of drug-likeness (QED) is 0.741. The van der Waals surface area contributed by atoms with Crippen LogP contribution >= 0.6 is 23.2 Å². The van der Waals surface area contributed by atoms with Crippen molar-refractivity contribution in [1.29, 1.82) is 0 Å². The maximum Gasteiger partial charge on any atom is 0.261 e. The lowest BCUT2D eigenvalue weighted by atomic mass is 9.71. The van der Waals surface area contributed by atoms with Crippen LogP contribution in [0, 0.1) is 5.92 Å². The summed E-state index contributed by atoms with van der Waals surface area (Å²) < 4.78 is 12.5. The first-order valence-electron chi connectivity index (χ1n) is 10.7. The number of rotatable bonds is 5.